The van der Waals surface area contributed by atoms with Crippen LogP contribution in [-0.2, 0) is 24.1 Å². The van der Waals surface area contributed by atoms with E-state index in [0.29, 0.717) is 12.5 Å². The van der Waals surface area contributed by atoms with Crippen LogP contribution >= 0.6 is 11.3 Å². The zero-order valence-corrected chi connectivity index (χ0v) is 17.3. The van der Waals surface area contributed by atoms with Gasteiger partial charge in [0.1, 0.15) is 16.5 Å². The van der Waals surface area contributed by atoms with Crippen molar-refractivity contribution in [2.75, 3.05) is 50.9 Å². The third kappa shape index (κ3) is 3.65. The lowest BCUT2D eigenvalue weighted by atomic mass is 9.95. The van der Waals surface area contributed by atoms with E-state index in [0.717, 1.165) is 70.4 Å². The Morgan fingerprint density at radius 2 is 1.82 bits per heavy atom. The van der Waals surface area contributed by atoms with E-state index in [1.165, 1.54) is 46.3 Å². The van der Waals surface area contributed by atoms with Crippen molar-refractivity contribution in [1.29, 1.82) is 0 Å². The Morgan fingerprint density at radius 3 is 2.61 bits per heavy atom. The van der Waals surface area contributed by atoms with Crippen LogP contribution in [0.15, 0.2) is 0 Å². The van der Waals surface area contributed by atoms with Crippen molar-refractivity contribution in [2.45, 2.75) is 45.1 Å². The van der Waals surface area contributed by atoms with E-state index in [4.69, 9.17) is 14.7 Å². The number of hydrogen-bond donors (Lipinski definition) is 1. The Balaban J connectivity index is 1.51. The molecule has 0 aromatic carbocycles. The summed E-state index contributed by atoms with van der Waals surface area (Å²) < 4.78 is 5.49. The lowest BCUT2D eigenvalue weighted by molar-refractivity contribution is 0.0331. The maximum Gasteiger partial charge on any atom is 0.146 e. The molecule has 0 bridgehead atoms. The fourth-order valence-corrected chi connectivity index (χ4v) is 6.04. The van der Waals surface area contributed by atoms with Crippen LogP contribution in [0.1, 0.15) is 41.9 Å². The first-order valence-electron chi connectivity index (χ1n) is 10.8. The number of rotatable bonds is 4. The number of morpholine rings is 1. The van der Waals surface area contributed by atoms with Crippen LogP contribution in [-0.4, -0.2) is 66.0 Å². The average molecular weight is 403 g/mol. The highest BCUT2D eigenvalue weighted by molar-refractivity contribution is 7.19. The predicted octanol–water partition coefficient (Wildman–Crippen LogP) is 2.61. The quantitative estimate of drug-likeness (QED) is 0.848. The number of aromatic nitrogens is 2. The zero-order valence-electron chi connectivity index (χ0n) is 16.5. The number of aliphatic hydroxyl groups excluding tert-OH is 1. The summed E-state index contributed by atoms with van der Waals surface area (Å²) in [6, 6.07) is 0. The molecule has 28 heavy (non-hydrogen) atoms. The molecule has 0 saturated carbocycles. The second-order valence-electron chi connectivity index (χ2n) is 8.36. The van der Waals surface area contributed by atoms with E-state index in [2.05, 4.69) is 9.80 Å². The number of nitrogens with zero attached hydrogens (tertiary/aromatic N) is 4. The first-order chi connectivity index (χ1) is 13.8. The van der Waals surface area contributed by atoms with Gasteiger partial charge in [-0.25, -0.2) is 9.97 Å². The Morgan fingerprint density at radius 1 is 1.04 bits per heavy atom. The molecule has 6 nitrogen and oxygen atoms in total. The minimum Gasteiger partial charge on any atom is -0.396 e. The van der Waals surface area contributed by atoms with Gasteiger partial charge < -0.3 is 14.7 Å². The number of aliphatic hydroxyl groups is 1. The highest BCUT2D eigenvalue weighted by Gasteiger charge is 2.27. The number of piperidine rings is 1. The van der Waals surface area contributed by atoms with Gasteiger partial charge >= 0.3 is 0 Å². The minimum absolute atomic E-state index is 0.309. The topological polar surface area (TPSA) is 61.7 Å². The van der Waals surface area contributed by atoms with Gasteiger partial charge in [-0.15, -0.1) is 11.3 Å². The molecule has 5 rings (SSSR count). The van der Waals surface area contributed by atoms with Gasteiger partial charge in [0.15, 0.2) is 0 Å². The van der Waals surface area contributed by atoms with Crippen molar-refractivity contribution in [1.82, 2.24) is 14.9 Å². The highest BCUT2D eigenvalue weighted by atomic mass is 32.1. The van der Waals surface area contributed by atoms with Crippen molar-refractivity contribution in [2.24, 2.45) is 5.92 Å². The minimum atomic E-state index is 0.309. The van der Waals surface area contributed by atoms with Gasteiger partial charge in [0, 0.05) is 37.7 Å². The molecule has 152 valence electrons. The molecule has 4 heterocycles. The summed E-state index contributed by atoms with van der Waals surface area (Å²) >= 11 is 1.90. The van der Waals surface area contributed by atoms with Crippen LogP contribution in [0.5, 0.6) is 0 Å². The summed E-state index contributed by atoms with van der Waals surface area (Å²) in [5.41, 5.74) is 1.52. The van der Waals surface area contributed by atoms with Crippen LogP contribution in [0.25, 0.3) is 10.2 Å². The highest BCUT2D eigenvalue weighted by Crippen LogP contribution is 2.40. The molecule has 0 spiro atoms. The molecule has 0 unspecified atom stereocenters. The number of fused-ring (bicyclic) bond motifs is 3. The van der Waals surface area contributed by atoms with Crippen molar-refractivity contribution >= 4 is 27.4 Å². The number of anilines is 1. The Bertz CT molecular complexity index is 825. The van der Waals surface area contributed by atoms with E-state index >= 15 is 0 Å². The van der Waals surface area contributed by atoms with Gasteiger partial charge in [-0.05, 0) is 50.0 Å². The normalized spacial score (nSPS) is 22.0. The second-order valence-corrected chi connectivity index (χ2v) is 9.44. The van der Waals surface area contributed by atoms with E-state index in [1.807, 2.05) is 11.3 Å². The molecule has 1 N–H and O–H groups in total. The molecule has 2 aromatic heterocycles. The van der Waals surface area contributed by atoms with Crippen LogP contribution in [0, 0.1) is 5.92 Å². The van der Waals surface area contributed by atoms with Gasteiger partial charge in [0.05, 0.1) is 25.1 Å². The summed E-state index contributed by atoms with van der Waals surface area (Å²) in [6.07, 6.45) is 7.04. The van der Waals surface area contributed by atoms with Crippen LogP contribution in [0.3, 0.4) is 0 Å². The smallest absolute Gasteiger partial charge is 0.146 e. The summed E-state index contributed by atoms with van der Waals surface area (Å²) in [4.78, 5) is 17.7. The molecular weight excluding hydrogens is 372 g/mol. The van der Waals surface area contributed by atoms with Gasteiger partial charge in [-0.3, -0.25) is 4.90 Å². The molecule has 7 heteroatoms. The maximum atomic E-state index is 9.51. The molecule has 2 fully saturated rings. The van der Waals surface area contributed by atoms with Crippen molar-refractivity contribution in [3.8, 4) is 0 Å². The summed E-state index contributed by atoms with van der Waals surface area (Å²) in [6.45, 7) is 6.61. The van der Waals surface area contributed by atoms with Crippen LogP contribution < -0.4 is 4.90 Å². The van der Waals surface area contributed by atoms with E-state index in [9.17, 15) is 5.11 Å². The first-order valence-corrected chi connectivity index (χ1v) is 11.6. The van der Waals surface area contributed by atoms with Crippen molar-refractivity contribution < 1.29 is 9.84 Å². The van der Waals surface area contributed by atoms with Gasteiger partial charge in [0.2, 0.25) is 0 Å². The van der Waals surface area contributed by atoms with Crippen molar-refractivity contribution in [3.63, 3.8) is 0 Å². The number of hydrogen-bond acceptors (Lipinski definition) is 7. The summed E-state index contributed by atoms with van der Waals surface area (Å²) in [5, 5.41) is 10.8. The van der Waals surface area contributed by atoms with Gasteiger partial charge in [-0.1, -0.05) is 0 Å². The number of ether oxygens (including phenoxy) is 1. The summed E-state index contributed by atoms with van der Waals surface area (Å²) in [5.74, 6) is 2.55. The first kappa shape index (κ1) is 18.7. The largest absolute Gasteiger partial charge is 0.396 e. The second kappa shape index (κ2) is 8.22. The predicted molar refractivity (Wildman–Crippen MR) is 112 cm³/mol. The Kier molecular flexibility index (Phi) is 5.50. The molecule has 2 aromatic rings. The van der Waals surface area contributed by atoms with E-state index < -0.39 is 0 Å². The maximum absolute atomic E-state index is 9.51. The van der Waals surface area contributed by atoms with Gasteiger partial charge in [-0.2, -0.15) is 0 Å². The fourth-order valence-electron chi connectivity index (χ4n) is 4.77. The number of aryl methyl sites for hydroxylation is 2. The molecule has 3 aliphatic rings. The third-order valence-electron chi connectivity index (χ3n) is 6.48. The van der Waals surface area contributed by atoms with Crippen LogP contribution in [0.4, 0.5) is 5.82 Å². The Hall–Kier alpha value is -1.28. The van der Waals surface area contributed by atoms with E-state index in [1.54, 1.807) is 0 Å². The monoisotopic (exact) mass is 402 g/mol. The molecule has 2 saturated heterocycles. The standard InChI is InChI=1S/C21H30N4O2S/c26-14-15-5-7-25(8-6-15)20-19-16-3-1-2-4-17(16)28-21(19)23-18(22-20)13-24-9-11-27-12-10-24/h15,26H,1-14H2. The molecular formula is C21H30N4O2S. The fraction of sp³-hybridized carbons (Fsp3) is 0.714. The molecule has 0 amide bonds. The lowest BCUT2D eigenvalue weighted by Gasteiger charge is -2.33. The zero-order chi connectivity index (χ0) is 18.9. The van der Waals surface area contributed by atoms with Crippen molar-refractivity contribution in [3.05, 3.63) is 16.3 Å². The molecule has 0 atom stereocenters. The Labute approximate surface area is 170 Å². The van der Waals surface area contributed by atoms with Gasteiger partial charge in [0.25, 0.3) is 0 Å². The lowest BCUT2D eigenvalue weighted by Crippen LogP contribution is -2.37. The number of thiophene rings is 1. The average Bonchev–Trinajstić information content (AvgIpc) is 3.12. The molecule has 2 aliphatic heterocycles. The summed E-state index contributed by atoms with van der Waals surface area (Å²) in [7, 11) is 0. The van der Waals surface area contributed by atoms with E-state index in [-0.39, 0.29) is 0 Å². The SMILES string of the molecule is OCC1CCN(c2nc(CN3CCOCC3)nc3sc4c(c23)CCCC4)CC1. The third-order valence-corrected chi connectivity index (χ3v) is 7.67. The van der Waals surface area contributed by atoms with Crippen LogP contribution in [0.2, 0.25) is 0 Å². The molecule has 0 radical (unpaired) electrons. The molecule has 1 aliphatic carbocycles.